The zero-order valence-electron chi connectivity index (χ0n) is 26.3. The summed E-state index contributed by atoms with van der Waals surface area (Å²) in [5.41, 5.74) is 11.9. The van der Waals surface area contributed by atoms with Crippen LogP contribution in [0.25, 0.3) is 0 Å². The Balaban J connectivity index is 1.42. The number of carbonyl (C=O) groups excluding carboxylic acids is 5. The Bertz CT molecular complexity index is 1960. The molecule has 5 amide bonds. The van der Waals surface area contributed by atoms with Crippen LogP contribution in [0.3, 0.4) is 0 Å². The average Bonchev–Trinajstić information content (AvgIpc) is 3.76. The molecule has 0 aliphatic rings. The van der Waals surface area contributed by atoms with E-state index in [0.717, 1.165) is 0 Å². The van der Waals surface area contributed by atoms with E-state index in [9.17, 15) is 24.0 Å². The summed E-state index contributed by atoms with van der Waals surface area (Å²) in [6.45, 7) is 3.76. The number of anilines is 4. The Kier molecular flexibility index (Phi) is 10.3. The number of hydrogen-bond donors (Lipinski definition) is 7. The molecule has 0 aliphatic carbocycles. The first kappa shape index (κ1) is 34.5. The summed E-state index contributed by atoms with van der Waals surface area (Å²) in [7, 11) is 6.28. The maximum absolute atomic E-state index is 13.3. The fourth-order valence-electron chi connectivity index (χ4n) is 4.46. The minimum Gasteiger partial charge on any atom is -0.370 e. The highest BCUT2D eigenvalue weighted by molar-refractivity contribution is 6.43. The lowest BCUT2D eigenvalue weighted by molar-refractivity contribution is -0.112. The van der Waals surface area contributed by atoms with Gasteiger partial charge in [-0.2, -0.15) is 10.2 Å². The molecule has 4 heterocycles. The van der Waals surface area contributed by atoms with Gasteiger partial charge >= 0.3 is 0 Å². The minimum atomic E-state index is -0.679. The summed E-state index contributed by atoms with van der Waals surface area (Å²) in [4.78, 5) is 67.6. The number of hydrogen-bond acceptors (Lipinski definition) is 8. The van der Waals surface area contributed by atoms with Crippen molar-refractivity contribution in [1.29, 1.82) is 0 Å². The van der Waals surface area contributed by atoms with Crippen LogP contribution in [0.1, 0.15) is 42.0 Å². The molecule has 4 aromatic heterocycles. The number of guanidine groups is 1. The van der Waals surface area contributed by atoms with Crippen molar-refractivity contribution in [1.82, 2.24) is 34.0 Å². The normalized spacial score (nSPS) is 10.6. The third-order valence-corrected chi connectivity index (χ3v) is 6.86. The summed E-state index contributed by atoms with van der Waals surface area (Å²) in [5, 5.41) is 21.0. The molecule has 20 heteroatoms. The number of carbonyl (C=O) groups is 5. The fourth-order valence-corrected chi connectivity index (χ4v) is 4.50. The zero-order valence-corrected chi connectivity index (χ0v) is 27.0. The van der Waals surface area contributed by atoms with Gasteiger partial charge in [-0.1, -0.05) is 18.2 Å². The Labute approximate surface area is 278 Å². The van der Waals surface area contributed by atoms with Crippen molar-refractivity contribution in [2.24, 2.45) is 44.7 Å². The summed E-state index contributed by atoms with van der Waals surface area (Å²) >= 11 is 5.59. The van der Waals surface area contributed by atoms with Crippen molar-refractivity contribution in [2.45, 2.75) is 0 Å². The lowest BCUT2D eigenvalue weighted by atomic mass is 10.3. The number of aryl methyl sites for hydroxylation is 4. The SMILES string of the molecule is C=C(Cl)C(=O)Nc1cc(C(=O)Nc2cnn(C)c2C(=O)Nc2cc(C(=O)Nc3cc(C(=O)NCCN=C(N)N)n(C)c3)n(C)c2)n(C)n1. The first-order valence-corrected chi connectivity index (χ1v) is 14.3. The molecule has 0 aliphatic heterocycles. The van der Waals surface area contributed by atoms with Gasteiger partial charge in [0, 0.05) is 53.2 Å². The maximum atomic E-state index is 13.3. The van der Waals surface area contributed by atoms with Crippen molar-refractivity contribution in [3.05, 3.63) is 71.2 Å². The van der Waals surface area contributed by atoms with Gasteiger partial charge in [0.15, 0.2) is 11.8 Å². The van der Waals surface area contributed by atoms with Gasteiger partial charge in [0.2, 0.25) is 0 Å². The Morgan fingerprint density at radius 1 is 0.812 bits per heavy atom. The highest BCUT2D eigenvalue weighted by atomic mass is 35.5. The van der Waals surface area contributed by atoms with E-state index in [1.807, 2.05) is 0 Å². The second-order valence-electron chi connectivity index (χ2n) is 10.3. The number of nitrogens with two attached hydrogens (primary N) is 2. The van der Waals surface area contributed by atoms with Crippen molar-refractivity contribution < 1.29 is 24.0 Å². The molecule has 0 atom stereocenters. The first-order valence-electron chi connectivity index (χ1n) is 14.0. The van der Waals surface area contributed by atoms with E-state index in [4.69, 9.17) is 23.1 Å². The van der Waals surface area contributed by atoms with E-state index in [-0.39, 0.29) is 64.3 Å². The number of rotatable bonds is 12. The molecule has 252 valence electrons. The molecule has 0 saturated carbocycles. The Morgan fingerprint density at radius 2 is 1.40 bits per heavy atom. The second-order valence-corrected chi connectivity index (χ2v) is 10.8. The summed E-state index contributed by atoms with van der Waals surface area (Å²) in [6.07, 6.45) is 4.40. The largest absolute Gasteiger partial charge is 0.370 e. The van der Waals surface area contributed by atoms with Crippen molar-refractivity contribution in [3.8, 4) is 0 Å². The highest BCUT2D eigenvalue weighted by Crippen LogP contribution is 2.21. The predicted molar refractivity (Wildman–Crippen MR) is 178 cm³/mol. The van der Waals surface area contributed by atoms with Crippen LogP contribution in [0.5, 0.6) is 0 Å². The molecule has 0 fully saturated rings. The van der Waals surface area contributed by atoms with Crippen LogP contribution in [0.2, 0.25) is 0 Å². The number of halogens is 1. The number of aliphatic imine (C=N–C) groups is 1. The molecule has 0 radical (unpaired) electrons. The molecule has 0 aromatic carbocycles. The van der Waals surface area contributed by atoms with E-state index < -0.39 is 23.6 Å². The molecular formula is C28H33ClN14O5. The van der Waals surface area contributed by atoms with Crippen LogP contribution in [0, 0.1) is 0 Å². The van der Waals surface area contributed by atoms with Crippen molar-refractivity contribution >= 4 is 70.0 Å². The molecule has 19 nitrogen and oxygen atoms in total. The van der Waals surface area contributed by atoms with E-state index >= 15 is 0 Å². The van der Waals surface area contributed by atoms with Crippen LogP contribution in [-0.2, 0) is 33.0 Å². The predicted octanol–water partition coefficient (Wildman–Crippen LogP) is 0.282. The molecule has 0 saturated heterocycles. The molecular weight excluding hydrogens is 648 g/mol. The quantitative estimate of drug-likeness (QED) is 0.0469. The third-order valence-electron chi connectivity index (χ3n) is 6.69. The number of aromatic nitrogens is 6. The molecule has 4 rings (SSSR count). The second kappa shape index (κ2) is 14.4. The molecule has 0 spiro atoms. The van der Waals surface area contributed by atoms with Crippen LogP contribution in [0.15, 0.2) is 53.4 Å². The lowest BCUT2D eigenvalue weighted by Gasteiger charge is -2.08. The molecule has 0 unspecified atom stereocenters. The Morgan fingerprint density at radius 3 is 2.00 bits per heavy atom. The third kappa shape index (κ3) is 8.07. The first-order chi connectivity index (χ1) is 22.6. The van der Waals surface area contributed by atoms with Crippen LogP contribution < -0.4 is 38.1 Å². The van der Waals surface area contributed by atoms with Gasteiger partial charge in [-0.05, 0) is 12.1 Å². The fraction of sp³-hybridized carbons (Fsp3) is 0.214. The van der Waals surface area contributed by atoms with E-state index in [2.05, 4.69) is 48.4 Å². The van der Waals surface area contributed by atoms with Crippen LogP contribution in [0.4, 0.5) is 22.9 Å². The van der Waals surface area contributed by atoms with Crippen molar-refractivity contribution in [3.63, 3.8) is 0 Å². The lowest BCUT2D eigenvalue weighted by Crippen LogP contribution is -2.29. The standard InChI is InChI=1S/C28H33ClN14O5/c1-14(29)23(44)38-21-10-20(42(4)39-21)26(47)37-17-11-34-43(5)22(17)27(48)36-16-9-19(41(3)13-16)25(46)35-15-8-18(40(2)12-15)24(45)32-6-7-33-28(30)31/h8-13H,1,6-7H2,2-5H3,(H,32,45)(H,35,46)(H,36,48)(H,37,47)(H4,30,31,33)(H,38,39,44). The molecule has 0 bridgehead atoms. The Hall–Kier alpha value is -6.37. The smallest absolute Gasteiger partial charge is 0.276 e. The topological polar surface area (TPSA) is 255 Å². The van der Waals surface area contributed by atoms with Gasteiger partial charge < -0.3 is 47.2 Å². The van der Waals surface area contributed by atoms with Gasteiger partial charge in [0.05, 0.1) is 34.8 Å². The van der Waals surface area contributed by atoms with Crippen LogP contribution >= 0.6 is 11.6 Å². The van der Waals surface area contributed by atoms with Gasteiger partial charge in [-0.3, -0.25) is 38.3 Å². The molecule has 48 heavy (non-hydrogen) atoms. The van der Waals surface area contributed by atoms with Crippen LogP contribution in [-0.4, -0.2) is 77.3 Å². The van der Waals surface area contributed by atoms with Gasteiger partial charge in [0.1, 0.15) is 22.8 Å². The minimum absolute atomic E-state index is 0.0146. The average molecular weight is 681 g/mol. The number of nitrogens with one attached hydrogen (secondary N) is 5. The summed E-state index contributed by atoms with van der Waals surface area (Å²) < 4.78 is 5.56. The van der Waals surface area contributed by atoms with E-state index in [1.54, 1.807) is 24.9 Å². The monoisotopic (exact) mass is 680 g/mol. The van der Waals surface area contributed by atoms with Gasteiger partial charge in [0.25, 0.3) is 29.5 Å². The van der Waals surface area contributed by atoms with E-state index in [1.165, 1.54) is 58.6 Å². The number of amides is 5. The zero-order chi connectivity index (χ0) is 35.3. The van der Waals surface area contributed by atoms with E-state index in [0.29, 0.717) is 11.4 Å². The molecule has 4 aromatic rings. The summed E-state index contributed by atoms with van der Waals surface area (Å²) in [5.74, 6) is -2.84. The maximum Gasteiger partial charge on any atom is 0.276 e. The molecule has 9 N–H and O–H groups in total. The van der Waals surface area contributed by atoms with Crippen molar-refractivity contribution in [2.75, 3.05) is 34.4 Å². The summed E-state index contributed by atoms with van der Waals surface area (Å²) in [6, 6.07) is 4.29. The van der Waals surface area contributed by atoms with Gasteiger partial charge in [-0.15, -0.1) is 0 Å². The highest BCUT2D eigenvalue weighted by Gasteiger charge is 2.23. The van der Waals surface area contributed by atoms with Gasteiger partial charge in [-0.25, -0.2) is 0 Å². The number of nitrogens with zero attached hydrogens (tertiary/aromatic N) is 7.